The molecule has 8 heteroatoms. The molecule has 4 unspecified atom stereocenters. The topological polar surface area (TPSA) is 106 Å². The van der Waals surface area contributed by atoms with Gasteiger partial charge in [-0.25, -0.2) is 9.59 Å². The highest BCUT2D eigenvalue weighted by atomic mass is 16.8. The highest BCUT2D eigenvalue weighted by Gasteiger charge is 2.73. The minimum Gasteiger partial charge on any atom is -0.497 e. The monoisotopic (exact) mass is 389 g/mol. The first-order valence-electron chi connectivity index (χ1n) is 9.14. The van der Waals surface area contributed by atoms with Gasteiger partial charge in [-0.3, -0.25) is 0 Å². The molecule has 2 saturated heterocycles. The van der Waals surface area contributed by atoms with Crippen LogP contribution in [0.4, 0.5) is 0 Å². The highest BCUT2D eigenvalue weighted by molar-refractivity contribution is 5.95. The number of hydrogen-bond acceptors (Lipinski definition) is 6. The summed E-state index contributed by atoms with van der Waals surface area (Å²) in [7, 11) is 3.65. The number of rotatable bonds is 5. The summed E-state index contributed by atoms with van der Waals surface area (Å²) in [6.07, 6.45) is 0.387. The Balaban J connectivity index is 1.71. The van der Waals surface area contributed by atoms with E-state index in [0.29, 0.717) is 25.0 Å². The van der Waals surface area contributed by atoms with Crippen LogP contribution < -0.4 is 4.74 Å². The van der Waals surface area contributed by atoms with Crippen molar-refractivity contribution < 1.29 is 34.0 Å². The lowest BCUT2D eigenvalue weighted by molar-refractivity contribution is -0.284. The molecule has 4 atom stereocenters. The fourth-order valence-corrected chi connectivity index (χ4v) is 5.07. The maximum absolute atomic E-state index is 11.6. The minimum atomic E-state index is -1.32. The predicted octanol–water partition coefficient (Wildman–Crippen LogP) is 1.11. The molecule has 0 amide bonds. The molecule has 1 saturated carbocycles. The molecule has 3 fully saturated rings. The van der Waals surface area contributed by atoms with Crippen LogP contribution in [0.25, 0.3) is 0 Å². The fourth-order valence-electron chi connectivity index (χ4n) is 5.07. The molecule has 1 aromatic rings. The van der Waals surface area contributed by atoms with Crippen LogP contribution in [0.15, 0.2) is 35.9 Å². The van der Waals surface area contributed by atoms with Crippen molar-refractivity contribution in [2.24, 2.45) is 5.92 Å². The Morgan fingerprint density at radius 2 is 2.14 bits per heavy atom. The lowest BCUT2D eigenvalue weighted by Crippen LogP contribution is -2.67. The maximum atomic E-state index is 11.6. The molecule has 2 aliphatic heterocycles. The first kappa shape index (κ1) is 18.9. The third kappa shape index (κ3) is 2.63. The van der Waals surface area contributed by atoms with Gasteiger partial charge in [0.2, 0.25) is 0 Å². The van der Waals surface area contributed by atoms with Gasteiger partial charge in [0.1, 0.15) is 11.9 Å². The van der Waals surface area contributed by atoms with Crippen molar-refractivity contribution in [2.45, 2.75) is 23.7 Å². The van der Waals surface area contributed by atoms with E-state index in [1.165, 1.54) is 0 Å². The number of likely N-dealkylation sites (tertiary alicyclic amines) is 1. The van der Waals surface area contributed by atoms with Gasteiger partial charge in [-0.2, -0.15) is 0 Å². The van der Waals surface area contributed by atoms with E-state index < -0.39 is 29.2 Å². The van der Waals surface area contributed by atoms with Crippen LogP contribution in [0.3, 0.4) is 0 Å². The first-order valence-corrected chi connectivity index (χ1v) is 9.14. The number of ether oxygens (including phenoxy) is 3. The quantitative estimate of drug-likeness (QED) is 0.722. The van der Waals surface area contributed by atoms with Gasteiger partial charge >= 0.3 is 11.9 Å². The van der Waals surface area contributed by atoms with Gasteiger partial charge in [-0.15, -0.1) is 0 Å². The van der Waals surface area contributed by atoms with Crippen molar-refractivity contribution in [1.29, 1.82) is 0 Å². The van der Waals surface area contributed by atoms with Crippen molar-refractivity contribution in [3.8, 4) is 5.75 Å². The molecule has 1 spiro atoms. The van der Waals surface area contributed by atoms with Crippen LogP contribution in [-0.2, 0) is 24.5 Å². The van der Waals surface area contributed by atoms with Gasteiger partial charge < -0.3 is 29.3 Å². The Labute approximate surface area is 162 Å². The van der Waals surface area contributed by atoms with Gasteiger partial charge in [0.15, 0.2) is 5.79 Å². The number of carboxylic acids is 2. The number of nitrogens with zero attached hydrogens (tertiary/aromatic N) is 1. The number of aliphatic carboxylic acids is 2. The number of carboxylic acid groups (broad SMARTS) is 2. The summed E-state index contributed by atoms with van der Waals surface area (Å²) in [4.78, 5) is 24.8. The van der Waals surface area contributed by atoms with E-state index >= 15 is 0 Å². The number of hydrogen-bond donors (Lipinski definition) is 2. The Kier molecular flexibility index (Phi) is 4.45. The summed E-state index contributed by atoms with van der Waals surface area (Å²) >= 11 is 0. The summed E-state index contributed by atoms with van der Waals surface area (Å²) in [6, 6.07) is 7.78. The third-order valence-corrected chi connectivity index (χ3v) is 6.20. The standard InChI is InChI=1S/C20H23NO7/c1-21-9-13-8-20(19(13,11-21)12-4-3-5-14(6-12)26-2)27-10-16(28-20)15(18(24)25)7-17(22)23/h3-7,13,16H,8-11H2,1-2H3,(H,22,23)(H,24,25). The van der Waals surface area contributed by atoms with Gasteiger partial charge in [0.25, 0.3) is 0 Å². The molecule has 2 N–H and O–H groups in total. The zero-order chi connectivity index (χ0) is 20.1. The van der Waals surface area contributed by atoms with E-state index in [1.807, 2.05) is 31.3 Å². The van der Waals surface area contributed by atoms with E-state index in [0.717, 1.165) is 17.9 Å². The molecule has 2 heterocycles. The maximum Gasteiger partial charge on any atom is 0.334 e. The van der Waals surface area contributed by atoms with Crippen molar-refractivity contribution in [3.63, 3.8) is 0 Å². The Morgan fingerprint density at radius 3 is 2.79 bits per heavy atom. The molecule has 3 aliphatic rings. The molecule has 1 aliphatic carbocycles. The van der Waals surface area contributed by atoms with Gasteiger partial charge in [-0.1, -0.05) is 12.1 Å². The lowest BCUT2D eigenvalue weighted by Gasteiger charge is -2.58. The summed E-state index contributed by atoms with van der Waals surface area (Å²) in [6.45, 7) is 1.59. The number of benzene rings is 1. The first-order chi connectivity index (χ1) is 13.3. The molecule has 1 aromatic carbocycles. The third-order valence-electron chi connectivity index (χ3n) is 6.20. The fraction of sp³-hybridized carbons (Fsp3) is 0.500. The van der Waals surface area contributed by atoms with E-state index in [9.17, 15) is 14.7 Å². The summed E-state index contributed by atoms with van der Waals surface area (Å²) in [5, 5.41) is 18.4. The second-order valence-electron chi connectivity index (χ2n) is 7.71. The van der Waals surface area contributed by atoms with Crippen molar-refractivity contribution in [3.05, 3.63) is 41.5 Å². The highest BCUT2D eigenvalue weighted by Crippen LogP contribution is 2.64. The number of likely N-dealkylation sites (N-methyl/N-ethyl adjacent to an activating group) is 1. The average Bonchev–Trinajstić information content (AvgIpc) is 3.20. The summed E-state index contributed by atoms with van der Waals surface area (Å²) < 4.78 is 17.7. The second kappa shape index (κ2) is 6.58. The number of fused-ring (bicyclic) bond motifs is 2. The van der Waals surface area contributed by atoms with E-state index in [4.69, 9.17) is 19.3 Å². The minimum absolute atomic E-state index is 0.00751. The van der Waals surface area contributed by atoms with Gasteiger partial charge in [0, 0.05) is 25.6 Å². The van der Waals surface area contributed by atoms with Crippen LogP contribution in [0, 0.1) is 5.92 Å². The van der Waals surface area contributed by atoms with Crippen LogP contribution in [0.5, 0.6) is 5.75 Å². The van der Waals surface area contributed by atoms with E-state index in [2.05, 4.69) is 4.90 Å². The van der Waals surface area contributed by atoms with Crippen LogP contribution in [0.2, 0.25) is 0 Å². The van der Waals surface area contributed by atoms with Crippen LogP contribution >= 0.6 is 0 Å². The van der Waals surface area contributed by atoms with Crippen LogP contribution in [-0.4, -0.2) is 72.8 Å². The molecular weight excluding hydrogens is 366 g/mol. The lowest BCUT2D eigenvalue weighted by atomic mass is 9.53. The number of methoxy groups -OCH3 is 1. The molecule has 4 rings (SSSR count). The second-order valence-corrected chi connectivity index (χ2v) is 7.71. The molecule has 0 aromatic heterocycles. The van der Waals surface area contributed by atoms with Crippen molar-refractivity contribution in [1.82, 2.24) is 4.90 Å². The average molecular weight is 389 g/mol. The van der Waals surface area contributed by atoms with Crippen LogP contribution in [0.1, 0.15) is 12.0 Å². The predicted molar refractivity (Wildman–Crippen MR) is 97.2 cm³/mol. The Hall–Kier alpha value is -2.42. The summed E-state index contributed by atoms with van der Waals surface area (Å²) in [5.41, 5.74) is 0.255. The molecule has 28 heavy (non-hydrogen) atoms. The molecule has 0 bridgehead atoms. The molecule has 150 valence electrons. The summed E-state index contributed by atoms with van der Waals surface area (Å²) in [5.74, 6) is -2.60. The van der Waals surface area contributed by atoms with Gasteiger partial charge in [0.05, 0.1) is 24.7 Å². The van der Waals surface area contributed by atoms with Crippen molar-refractivity contribution >= 4 is 11.9 Å². The molecule has 8 nitrogen and oxygen atoms in total. The zero-order valence-corrected chi connectivity index (χ0v) is 15.8. The number of carbonyl (C=O) groups is 2. The molecule has 0 radical (unpaired) electrons. The van der Waals surface area contributed by atoms with Crippen molar-refractivity contribution in [2.75, 3.05) is 33.9 Å². The zero-order valence-electron chi connectivity index (χ0n) is 15.8. The SMILES string of the molecule is COc1cccc(C23CN(C)CC2CC32OCC(C(=CC(=O)O)C(=O)O)O2)c1. The van der Waals surface area contributed by atoms with E-state index in [1.54, 1.807) is 7.11 Å². The smallest absolute Gasteiger partial charge is 0.334 e. The van der Waals surface area contributed by atoms with E-state index in [-0.39, 0.29) is 12.2 Å². The normalized spacial score (nSPS) is 34.9. The van der Waals surface area contributed by atoms with Gasteiger partial charge in [-0.05, 0) is 30.7 Å². The Bertz CT molecular complexity index is 853. The molecular formula is C20H23NO7. The largest absolute Gasteiger partial charge is 0.497 e. The Morgan fingerprint density at radius 1 is 1.36 bits per heavy atom.